The Morgan fingerprint density at radius 3 is 2.42 bits per heavy atom. The lowest BCUT2D eigenvalue weighted by Gasteiger charge is -2.15. The standard InChI is InChI=1S/C22H18FN5O3.C2H6/c1-11(2)14-9-25-19(12-3-5-13(23)6-4-12)28-20(14)27-16-7-8-24-21-17(16)15(10-26-21)18(29)22(30)31;1-2/h3-11H,1-2H3,(H,30,31)(H2,24,25,26,27,28);1-2H3. The third-order valence-electron chi connectivity index (χ3n) is 4.81. The van der Waals surface area contributed by atoms with Crippen LogP contribution in [0.15, 0.2) is 48.9 Å². The highest BCUT2D eigenvalue weighted by atomic mass is 19.1. The van der Waals surface area contributed by atoms with Crippen molar-refractivity contribution in [2.75, 3.05) is 5.32 Å². The van der Waals surface area contributed by atoms with E-state index in [1.165, 1.54) is 24.5 Å². The number of aromatic amines is 1. The highest BCUT2D eigenvalue weighted by Gasteiger charge is 2.22. The van der Waals surface area contributed by atoms with E-state index in [-0.39, 0.29) is 17.3 Å². The van der Waals surface area contributed by atoms with Crippen molar-refractivity contribution in [2.45, 2.75) is 33.6 Å². The number of H-pyrrole nitrogens is 1. The first kappa shape index (κ1) is 23.5. The Bertz CT molecular complexity index is 1300. The number of nitrogens with zero attached hydrogens (tertiary/aromatic N) is 3. The predicted octanol–water partition coefficient (Wildman–Crippen LogP) is 5.32. The molecule has 0 aliphatic heterocycles. The van der Waals surface area contributed by atoms with E-state index in [2.05, 4.69) is 25.3 Å². The number of carboxylic acid groups (broad SMARTS) is 1. The number of hydrogen-bond donors (Lipinski definition) is 3. The molecule has 0 bridgehead atoms. The number of benzene rings is 1. The van der Waals surface area contributed by atoms with Gasteiger partial charge in [0.1, 0.15) is 17.3 Å². The Morgan fingerprint density at radius 2 is 1.79 bits per heavy atom. The molecule has 0 radical (unpaired) electrons. The number of ketones is 1. The van der Waals surface area contributed by atoms with Crippen LogP contribution in [0.25, 0.3) is 22.4 Å². The van der Waals surface area contributed by atoms with E-state index in [1.807, 2.05) is 27.7 Å². The van der Waals surface area contributed by atoms with Gasteiger partial charge in [-0.2, -0.15) is 0 Å². The molecule has 0 aliphatic rings. The first-order valence-electron chi connectivity index (χ1n) is 10.5. The third-order valence-corrected chi connectivity index (χ3v) is 4.81. The summed E-state index contributed by atoms with van der Waals surface area (Å²) in [4.78, 5) is 39.4. The first-order valence-corrected chi connectivity index (χ1v) is 10.5. The summed E-state index contributed by atoms with van der Waals surface area (Å²) in [7, 11) is 0. The Hall–Kier alpha value is -4.14. The minimum atomic E-state index is -1.56. The zero-order valence-corrected chi connectivity index (χ0v) is 18.7. The van der Waals surface area contributed by atoms with Gasteiger partial charge in [-0.15, -0.1) is 0 Å². The molecule has 0 atom stereocenters. The fourth-order valence-corrected chi connectivity index (χ4v) is 3.23. The highest BCUT2D eigenvalue weighted by molar-refractivity contribution is 6.42. The van der Waals surface area contributed by atoms with Crippen molar-refractivity contribution >= 4 is 34.3 Å². The fourth-order valence-electron chi connectivity index (χ4n) is 3.23. The van der Waals surface area contributed by atoms with Crippen LogP contribution < -0.4 is 5.32 Å². The summed E-state index contributed by atoms with van der Waals surface area (Å²) >= 11 is 0. The van der Waals surface area contributed by atoms with Gasteiger partial charge in [-0.05, 0) is 36.2 Å². The van der Waals surface area contributed by atoms with Crippen LogP contribution in [-0.4, -0.2) is 36.8 Å². The SMILES string of the molecule is CC.CC(C)c1cnc(-c2ccc(F)cc2)nc1Nc1ccnc2[nH]cc(C(=O)C(=O)O)c12. The molecule has 9 heteroatoms. The van der Waals surface area contributed by atoms with Crippen LogP contribution in [0, 0.1) is 5.82 Å². The van der Waals surface area contributed by atoms with E-state index in [0.29, 0.717) is 33.9 Å². The summed E-state index contributed by atoms with van der Waals surface area (Å²) in [5.74, 6) is -1.99. The second-order valence-corrected chi connectivity index (χ2v) is 7.20. The molecule has 3 aromatic heterocycles. The van der Waals surface area contributed by atoms with Crippen molar-refractivity contribution in [2.24, 2.45) is 0 Å². The number of halogens is 1. The molecule has 4 aromatic rings. The van der Waals surface area contributed by atoms with Crippen molar-refractivity contribution in [1.29, 1.82) is 0 Å². The summed E-state index contributed by atoms with van der Waals surface area (Å²) in [6, 6.07) is 7.47. The highest BCUT2D eigenvalue weighted by Crippen LogP contribution is 2.32. The maximum Gasteiger partial charge on any atom is 0.377 e. The van der Waals surface area contributed by atoms with Crippen LogP contribution in [0.2, 0.25) is 0 Å². The molecule has 33 heavy (non-hydrogen) atoms. The minimum Gasteiger partial charge on any atom is -0.475 e. The van der Waals surface area contributed by atoms with Crippen molar-refractivity contribution in [3.05, 3.63) is 65.9 Å². The van der Waals surface area contributed by atoms with Gasteiger partial charge in [-0.3, -0.25) is 4.79 Å². The fraction of sp³-hybridized carbons (Fsp3) is 0.208. The largest absolute Gasteiger partial charge is 0.475 e. The van der Waals surface area contributed by atoms with Crippen LogP contribution in [0.4, 0.5) is 15.9 Å². The number of anilines is 2. The van der Waals surface area contributed by atoms with Gasteiger partial charge in [0.2, 0.25) is 0 Å². The molecule has 0 saturated carbocycles. The van der Waals surface area contributed by atoms with Crippen molar-refractivity contribution < 1.29 is 19.1 Å². The molecule has 170 valence electrons. The normalized spacial score (nSPS) is 10.6. The van der Waals surface area contributed by atoms with Gasteiger partial charge >= 0.3 is 5.97 Å². The second-order valence-electron chi connectivity index (χ2n) is 7.20. The number of carbonyl (C=O) groups excluding carboxylic acids is 1. The molecule has 1 aromatic carbocycles. The van der Waals surface area contributed by atoms with Gasteiger partial charge in [0.05, 0.1) is 16.6 Å². The van der Waals surface area contributed by atoms with E-state index in [0.717, 1.165) is 5.56 Å². The summed E-state index contributed by atoms with van der Waals surface area (Å²) in [6.07, 6.45) is 4.55. The van der Waals surface area contributed by atoms with Crippen LogP contribution >= 0.6 is 0 Å². The van der Waals surface area contributed by atoms with Gasteiger partial charge in [0, 0.05) is 29.7 Å². The van der Waals surface area contributed by atoms with Crippen LogP contribution in [0.5, 0.6) is 0 Å². The van der Waals surface area contributed by atoms with Crippen LogP contribution in [-0.2, 0) is 4.79 Å². The number of pyridine rings is 1. The second kappa shape index (κ2) is 9.99. The molecule has 0 aliphatic carbocycles. The molecule has 3 heterocycles. The number of nitrogens with one attached hydrogen (secondary N) is 2. The van der Waals surface area contributed by atoms with E-state index >= 15 is 0 Å². The van der Waals surface area contributed by atoms with Gasteiger partial charge < -0.3 is 15.4 Å². The van der Waals surface area contributed by atoms with Gasteiger partial charge in [0.25, 0.3) is 5.78 Å². The number of Topliss-reactive ketones (excluding diaryl/α,β-unsaturated/α-hetero) is 1. The summed E-state index contributed by atoms with van der Waals surface area (Å²) in [6.45, 7) is 7.97. The molecule has 0 spiro atoms. The van der Waals surface area contributed by atoms with Crippen LogP contribution in [0.3, 0.4) is 0 Å². The molecule has 0 saturated heterocycles. The molecule has 0 amide bonds. The number of rotatable bonds is 6. The Morgan fingerprint density at radius 1 is 1.09 bits per heavy atom. The Balaban J connectivity index is 0.00000149. The number of aromatic nitrogens is 4. The third kappa shape index (κ3) is 4.87. The van der Waals surface area contributed by atoms with Crippen molar-refractivity contribution in [3.63, 3.8) is 0 Å². The molecule has 0 fully saturated rings. The molecular weight excluding hydrogens is 425 g/mol. The van der Waals surface area contributed by atoms with Crippen molar-refractivity contribution in [1.82, 2.24) is 19.9 Å². The number of carbonyl (C=O) groups is 2. The average molecular weight is 449 g/mol. The van der Waals surface area contributed by atoms with Gasteiger partial charge in [-0.25, -0.2) is 24.1 Å². The topological polar surface area (TPSA) is 121 Å². The Kier molecular flexibility index (Phi) is 7.12. The quantitative estimate of drug-likeness (QED) is 0.269. The summed E-state index contributed by atoms with van der Waals surface area (Å²) in [5, 5.41) is 12.7. The number of hydrogen-bond acceptors (Lipinski definition) is 6. The summed E-state index contributed by atoms with van der Waals surface area (Å²) in [5.41, 5.74) is 2.30. The van der Waals surface area contributed by atoms with E-state index in [1.54, 1.807) is 24.4 Å². The van der Waals surface area contributed by atoms with Crippen LogP contribution in [0.1, 0.15) is 49.5 Å². The minimum absolute atomic E-state index is 0.00277. The monoisotopic (exact) mass is 449 g/mol. The molecule has 3 N–H and O–H groups in total. The van der Waals surface area contributed by atoms with E-state index in [4.69, 9.17) is 5.11 Å². The Labute approximate surface area is 189 Å². The lowest BCUT2D eigenvalue weighted by atomic mass is 10.0. The lowest BCUT2D eigenvalue weighted by molar-refractivity contribution is -0.131. The smallest absolute Gasteiger partial charge is 0.377 e. The van der Waals surface area contributed by atoms with Gasteiger partial charge in [-0.1, -0.05) is 27.7 Å². The van der Waals surface area contributed by atoms with Crippen molar-refractivity contribution in [3.8, 4) is 11.4 Å². The predicted molar refractivity (Wildman–Crippen MR) is 124 cm³/mol. The summed E-state index contributed by atoms with van der Waals surface area (Å²) < 4.78 is 13.3. The van der Waals surface area contributed by atoms with E-state index in [9.17, 15) is 14.0 Å². The molecule has 0 unspecified atom stereocenters. The zero-order chi connectivity index (χ0) is 24.1. The number of carboxylic acids is 1. The molecule has 8 nitrogen and oxygen atoms in total. The number of aliphatic carboxylic acids is 1. The zero-order valence-electron chi connectivity index (χ0n) is 18.7. The molecular formula is C24H24FN5O3. The van der Waals surface area contributed by atoms with Gasteiger partial charge in [0.15, 0.2) is 5.82 Å². The maximum absolute atomic E-state index is 13.3. The molecule has 4 rings (SSSR count). The maximum atomic E-state index is 13.3. The number of fused-ring (bicyclic) bond motifs is 1. The first-order chi connectivity index (χ1) is 15.8. The van der Waals surface area contributed by atoms with E-state index < -0.39 is 11.8 Å². The lowest BCUT2D eigenvalue weighted by Crippen LogP contribution is -2.12. The average Bonchev–Trinajstić information content (AvgIpc) is 3.25.